The van der Waals surface area contributed by atoms with Crippen LogP contribution in [0.1, 0.15) is 27.2 Å². The lowest BCUT2D eigenvalue weighted by molar-refractivity contribution is 0.393. The first-order chi connectivity index (χ1) is 3.69. The molecule has 0 radical (unpaired) electrons. The molecule has 0 bridgehead atoms. The predicted octanol–water partition coefficient (Wildman–Crippen LogP) is 2.61. The van der Waals surface area contributed by atoms with Crippen molar-refractivity contribution in [2.75, 3.05) is 0 Å². The third-order valence-corrected chi connectivity index (χ3v) is 2.37. The standard InChI is InChI=1S/C8H14/c1-4-7(2)8(3)5-6-8/h5-7H,4H2,1-3H3. The van der Waals surface area contributed by atoms with Gasteiger partial charge in [0.15, 0.2) is 0 Å². The van der Waals surface area contributed by atoms with Gasteiger partial charge in [-0.1, -0.05) is 39.3 Å². The Bertz CT molecular complexity index is 105. The molecule has 0 aromatic rings. The summed E-state index contributed by atoms with van der Waals surface area (Å²) >= 11 is 0. The molecule has 0 saturated carbocycles. The first kappa shape index (κ1) is 5.87. The van der Waals surface area contributed by atoms with Gasteiger partial charge >= 0.3 is 0 Å². The van der Waals surface area contributed by atoms with E-state index >= 15 is 0 Å². The topological polar surface area (TPSA) is 0 Å². The highest BCUT2D eigenvalue weighted by molar-refractivity contribution is 5.25. The largest absolute Gasteiger partial charge is 0.0777 e. The molecule has 0 aromatic heterocycles. The number of rotatable bonds is 2. The average Bonchev–Trinajstić information content (AvgIpc) is 2.47. The lowest BCUT2D eigenvalue weighted by Gasteiger charge is -2.16. The molecule has 0 fully saturated rings. The summed E-state index contributed by atoms with van der Waals surface area (Å²) < 4.78 is 0. The van der Waals surface area contributed by atoms with E-state index in [4.69, 9.17) is 0 Å². The van der Waals surface area contributed by atoms with E-state index in [-0.39, 0.29) is 0 Å². The SMILES string of the molecule is CCC(C)C1(C)C=C1. The third-order valence-electron chi connectivity index (χ3n) is 2.37. The van der Waals surface area contributed by atoms with Gasteiger partial charge in [0.2, 0.25) is 0 Å². The van der Waals surface area contributed by atoms with Gasteiger partial charge in [-0.05, 0) is 5.92 Å². The first-order valence-corrected chi connectivity index (χ1v) is 3.39. The Morgan fingerprint density at radius 3 is 2.12 bits per heavy atom. The van der Waals surface area contributed by atoms with Crippen LogP contribution < -0.4 is 0 Å². The van der Waals surface area contributed by atoms with Crippen LogP contribution in [0.25, 0.3) is 0 Å². The van der Waals surface area contributed by atoms with Crippen LogP contribution in [-0.2, 0) is 0 Å². The van der Waals surface area contributed by atoms with Gasteiger partial charge in [-0.15, -0.1) is 0 Å². The van der Waals surface area contributed by atoms with E-state index in [0.717, 1.165) is 5.92 Å². The van der Waals surface area contributed by atoms with Crippen molar-refractivity contribution in [3.05, 3.63) is 12.2 Å². The zero-order valence-corrected chi connectivity index (χ0v) is 5.94. The van der Waals surface area contributed by atoms with E-state index in [1.165, 1.54) is 6.42 Å². The van der Waals surface area contributed by atoms with E-state index in [1.807, 2.05) is 0 Å². The normalized spacial score (nSPS) is 25.4. The van der Waals surface area contributed by atoms with Gasteiger partial charge in [0, 0.05) is 5.41 Å². The maximum Gasteiger partial charge on any atom is 0.00588 e. The van der Waals surface area contributed by atoms with Crippen molar-refractivity contribution < 1.29 is 0 Å². The highest BCUT2D eigenvalue weighted by Gasteiger charge is 2.32. The highest BCUT2D eigenvalue weighted by atomic mass is 14.4. The minimum atomic E-state index is 0.509. The van der Waals surface area contributed by atoms with E-state index in [0.29, 0.717) is 5.41 Å². The Balaban J connectivity index is 2.36. The summed E-state index contributed by atoms with van der Waals surface area (Å²) in [5.41, 5.74) is 0.509. The van der Waals surface area contributed by atoms with Crippen LogP contribution in [0, 0.1) is 11.3 Å². The molecule has 0 saturated heterocycles. The van der Waals surface area contributed by atoms with Gasteiger partial charge in [-0.2, -0.15) is 0 Å². The summed E-state index contributed by atoms with van der Waals surface area (Å²) in [6.45, 7) is 6.84. The molecule has 0 aromatic carbocycles. The minimum Gasteiger partial charge on any atom is -0.0777 e. The van der Waals surface area contributed by atoms with E-state index < -0.39 is 0 Å². The summed E-state index contributed by atoms with van der Waals surface area (Å²) in [6, 6.07) is 0. The Morgan fingerprint density at radius 1 is 1.50 bits per heavy atom. The smallest absolute Gasteiger partial charge is 0.00588 e. The molecule has 0 aliphatic heterocycles. The molecule has 0 spiro atoms. The third kappa shape index (κ3) is 0.795. The summed E-state index contributed by atoms with van der Waals surface area (Å²) in [5.74, 6) is 0.850. The molecule has 1 atom stereocenters. The minimum absolute atomic E-state index is 0.509. The number of hydrogen-bond donors (Lipinski definition) is 0. The van der Waals surface area contributed by atoms with Gasteiger partial charge in [0.25, 0.3) is 0 Å². The first-order valence-electron chi connectivity index (χ1n) is 3.39. The second-order valence-electron chi connectivity index (χ2n) is 3.01. The van der Waals surface area contributed by atoms with Gasteiger partial charge in [-0.25, -0.2) is 0 Å². The fraction of sp³-hybridized carbons (Fsp3) is 0.750. The van der Waals surface area contributed by atoms with Crippen LogP contribution >= 0.6 is 0 Å². The molecule has 1 aliphatic rings. The van der Waals surface area contributed by atoms with Crippen molar-refractivity contribution in [1.82, 2.24) is 0 Å². The van der Waals surface area contributed by atoms with Crippen molar-refractivity contribution in [3.8, 4) is 0 Å². The van der Waals surface area contributed by atoms with Gasteiger partial charge in [0.1, 0.15) is 0 Å². The van der Waals surface area contributed by atoms with Crippen molar-refractivity contribution in [2.45, 2.75) is 27.2 Å². The van der Waals surface area contributed by atoms with Crippen molar-refractivity contribution >= 4 is 0 Å². The summed E-state index contributed by atoms with van der Waals surface area (Å²) in [4.78, 5) is 0. The van der Waals surface area contributed by atoms with Crippen LogP contribution in [0.4, 0.5) is 0 Å². The van der Waals surface area contributed by atoms with Gasteiger partial charge in [-0.3, -0.25) is 0 Å². The molecule has 1 rings (SSSR count). The molecule has 8 heavy (non-hydrogen) atoms. The molecule has 1 unspecified atom stereocenters. The number of hydrogen-bond acceptors (Lipinski definition) is 0. The highest BCUT2D eigenvalue weighted by Crippen LogP contribution is 2.42. The monoisotopic (exact) mass is 110 g/mol. The fourth-order valence-corrected chi connectivity index (χ4v) is 0.900. The Kier molecular flexibility index (Phi) is 1.18. The molecular weight excluding hydrogens is 96.1 g/mol. The molecule has 46 valence electrons. The Hall–Kier alpha value is -0.260. The average molecular weight is 110 g/mol. The quantitative estimate of drug-likeness (QED) is 0.479. The number of allylic oxidation sites excluding steroid dienone is 2. The molecule has 0 nitrogen and oxygen atoms in total. The van der Waals surface area contributed by atoms with Crippen LogP contribution in [0.5, 0.6) is 0 Å². The van der Waals surface area contributed by atoms with Crippen molar-refractivity contribution in [2.24, 2.45) is 11.3 Å². The van der Waals surface area contributed by atoms with Crippen molar-refractivity contribution in [1.29, 1.82) is 0 Å². The molecule has 0 N–H and O–H groups in total. The van der Waals surface area contributed by atoms with E-state index in [2.05, 4.69) is 32.9 Å². The van der Waals surface area contributed by atoms with E-state index in [1.54, 1.807) is 0 Å². The zero-order chi connectivity index (χ0) is 6.20. The van der Waals surface area contributed by atoms with Crippen LogP contribution in [0.15, 0.2) is 12.2 Å². The predicted molar refractivity (Wildman–Crippen MR) is 36.7 cm³/mol. The molecule has 0 heterocycles. The fourth-order valence-electron chi connectivity index (χ4n) is 0.900. The zero-order valence-electron chi connectivity index (χ0n) is 5.94. The van der Waals surface area contributed by atoms with Gasteiger partial charge < -0.3 is 0 Å². The van der Waals surface area contributed by atoms with Gasteiger partial charge in [0.05, 0.1) is 0 Å². The lowest BCUT2D eigenvalue weighted by Crippen LogP contribution is -2.07. The molecule has 0 heteroatoms. The maximum atomic E-state index is 2.31. The second-order valence-corrected chi connectivity index (χ2v) is 3.01. The molecule has 0 amide bonds. The summed E-state index contributed by atoms with van der Waals surface area (Å²) in [5, 5.41) is 0. The van der Waals surface area contributed by atoms with E-state index in [9.17, 15) is 0 Å². The maximum absolute atomic E-state index is 2.31. The van der Waals surface area contributed by atoms with Crippen LogP contribution in [0.2, 0.25) is 0 Å². The second kappa shape index (κ2) is 1.61. The summed E-state index contributed by atoms with van der Waals surface area (Å²) in [6.07, 6.45) is 5.88. The summed E-state index contributed by atoms with van der Waals surface area (Å²) in [7, 11) is 0. The lowest BCUT2D eigenvalue weighted by atomic mass is 9.89. The van der Waals surface area contributed by atoms with Crippen LogP contribution in [0.3, 0.4) is 0 Å². The molecule has 1 aliphatic carbocycles. The Labute approximate surface area is 51.6 Å². The van der Waals surface area contributed by atoms with Crippen LogP contribution in [-0.4, -0.2) is 0 Å². The Morgan fingerprint density at radius 2 is 2.00 bits per heavy atom. The van der Waals surface area contributed by atoms with Crippen molar-refractivity contribution in [3.63, 3.8) is 0 Å². The molecular formula is C8H14.